The predicted molar refractivity (Wildman–Crippen MR) is 71.2 cm³/mol. The highest BCUT2D eigenvalue weighted by molar-refractivity contribution is 7.17. The molecule has 7 heteroatoms. The van der Waals surface area contributed by atoms with Gasteiger partial charge in [-0.25, -0.2) is 19.7 Å². The van der Waals surface area contributed by atoms with Gasteiger partial charge in [0.2, 0.25) is 0 Å². The van der Waals surface area contributed by atoms with E-state index in [0.29, 0.717) is 32.8 Å². The van der Waals surface area contributed by atoms with Crippen LogP contribution in [-0.2, 0) is 0 Å². The SMILES string of the molecule is Cc1ncc(-c2nc(C3CC3)c(C(=O)O)s2)c(N)n1. The van der Waals surface area contributed by atoms with Crippen LogP contribution >= 0.6 is 11.3 Å². The molecule has 0 radical (unpaired) electrons. The molecule has 0 atom stereocenters. The van der Waals surface area contributed by atoms with Crippen LogP contribution < -0.4 is 5.73 Å². The molecular formula is C12H12N4O2S. The minimum atomic E-state index is -0.933. The number of aryl methyl sites for hydroxylation is 1. The minimum Gasteiger partial charge on any atom is -0.477 e. The lowest BCUT2D eigenvalue weighted by molar-refractivity contribution is 0.0700. The molecule has 1 saturated carbocycles. The highest BCUT2D eigenvalue weighted by atomic mass is 32.1. The quantitative estimate of drug-likeness (QED) is 0.889. The number of aromatic carboxylic acids is 1. The normalized spacial score (nSPS) is 14.6. The summed E-state index contributed by atoms with van der Waals surface area (Å²) >= 11 is 1.14. The summed E-state index contributed by atoms with van der Waals surface area (Å²) in [6.07, 6.45) is 3.60. The summed E-state index contributed by atoms with van der Waals surface area (Å²) in [5, 5.41) is 9.80. The molecule has 6 nitrogen and oxygen atoms in total. The van der Waals surface area contributed by atoms with E-state index in [1.807, 2.05) is 0 Å². The zero-order chi connectivity index (χ0) is 13.6. The molecule has 1 aliphatic rings. The van der Waals surface area contributed by atoms with Crippen LogP contribution in [0, 0.1) is 6.92 Å². The van der Waals surface area contributed by atoms with E-state index in [4.69, 9.17) is 5.73 Å². The number of nitrogen functional groups attached to an aromatic ring is 1. The van der Waals surface area contributed by atoms with Crippen molar-refractivity contribution < 1.29 is 9.90 Å². The van der Waals surface area contributed by atoms with Crippen LogP contribution in [0.4, 0.5) is 5.82 Å². The molecule has 19 heavy (non-hydrogen) atoms. The van der Waals surface area contributed by atoms with Crippen LogP contribution in [0.15, 0.2) is 6.20 Å². The molecule has 0 unspecified atom stereocenters. The first kappa shape index (κ1) is 12.0. The van der Waals surface area contributed by atoms with Gasteiger partial charge in [-0.1, -0.05) is 0 Å². The highest BCUT2D eigenvalue weighted by Crippen LogP contribution is 2.44. The van der Waals surface area contributed by atoms with Crippen molar-refractivity contribution in [1.82, 2.24) is 15.0 Å². The number of thiazole rings is 1. The molecule has 2 heterocycles. The van der Waals surface area contributed by atoms with Crippen molar-refractivity contribution in [2.75, 3.05) is 5.73 Å². The van der Waals surface area contributed by atoms with Crippen LogP contribution in [0.25, 0.3) is 10.6 Å². The van der Waals surface area contributed by atoms with E-state index in [1.165, 1.54) is 0 Å². The lowest BCUT2D eigenvalue weighted by Crippen LogP contribution is -1.98. The van der Waals surface area contributed by atoms with Gasteiger partial charge >= 0.3 is 5.97 Å². The number of carboxylic acid groups (broad SMARTS) is 1. The number of carbonyl (C=O) groups is 1. The highest BCUT2D eigenvalue weighted by Gasteiger charge is 2.32. The fourth-order valence-corrected chi connectivity index (χ4v) is 2.89. The number of nitrogens with two attached hydrogens (primary N) is 1. The summed E-state index contributed by atoms with van der Waals surface area (Å²) in [4.78, 5) is 24.1. The monoisotopic (exact) mass is 276 g/mol. The largest absolute Gasteiger partial charge is 0.477 e. The molecular weight excluding hydrogens is 264 g/mol. The van der Waals surface area contributed by atoms with Crippen LogP contribution in [0.5, 0.6) is 0 Å². The third-order valence-electron chi connectivity index (χ3n) is 2.98. The number of anilines is 1. The Hall–Kier alpha value is -2.02. The van der Waals surface area contributed by atoms with Gasteiger partial charge in [0.1, 0.15) is 21.5 Å². The molecule has 98 valence electrons. The van der Waals surface area contributed by atoms with E-state index in [0.717, 1.165) is 24.2 Å². The molecule has 0 aliphatic heterocycles. The Morgan fingerprint density at radius 2 is 2.21 bits per heavy atom. The van der Waals surface area contributed by atoms with Gasteiger partial charge in [-0.3, -0.25) is 0 Å². The Bertz CT molecular complexity index is 664. The zero-order valence-electron chi connectivity index (χ0n) is 10.3. The van der Waals surface area contributed by atoms with Crippen molar-refractivity contribution >= 4 is 23.1 Å². The second-order valence-corrected chi connectivity index (χ2v) is 5.53. The van der Waals surface area contributed by atoms with Crippen molar-refractivity contribution in [3.8, 4) is 10.6 Å². The molecule has 0 bridgehead atoms. The van der Waals surface area contributed by atoms with E-state index in [9.17, 15) is 9.90 Å². The number of rotatable bonds is 3. The summed E-state index contributed by atoms with van der Waals surface area (Å²) in [6.45, 7) is 1.75. The number of carboxylic acids is 1. The van der Waals surface area contributed by atoms with Crippen LogP contribution in [0.1, 0.15) is 39.9 Å². The van der Waals surface area contributed by atoms with E-state index >= 15 is 0 Å². The lowest BCUT2D eigenvalue weighted by atomic mass is 10.2. The van der Waals surface area contributed by atoms with Gasteiger partial charge in [0.25, 0.3) is 0 Å². The van der Waals surface area contributed by atoms with E-state index in [1.54, 1.807) is 13.1 Å². The minimum absolute atomic E-state index is 0.281. The maximum atomic E-state index is 11.2. The van der Waals surface area contributed by atoms with Gasteiger partial charge in [0, 0.05) is 12.1 Å². The van der Waals surface area contributed by atoms with Crippen LogP contribution in [-0.4, -0.2) is 26.0 Å². The molecule has 3 rings (SSSR count). The van der Waals surface area contributed by atoms with Gasteiger partial charge in [-0.15, -0.1) is 11.3 Å². The molecule has 3 N–H and O–H groups in total. The van der Waals surface area contributed by atoms with Gasteiger partial charge < -0.3 is 10.8 Å². The molecule has 0 aromatic carbocycles. The molecule has 1 fully saturated rings. The number of hydrogen-bond acceptors (Lipinski definition) is 6. The maximum absolute atomic E-state index is 11.2. The molecule has 0 amide bonds. The zero-order valence-corrected chi connectivity index (χ0v) is 11.1. The summed E-state index contributed by atoms with van der Waals surface area (Å²) < 4.78 is 0. The van der Waals surface area contributed by atoms with Crippen molar-refractivity contribution in [2.45, 2.75) is 25.7 Å². The lowest BCUT2D eigenvalue weighted by Gasteiger charge is -2.00. The first-order chi connectivity index (χ1) is 9.06. The Kier molecular flexibility index (Phi) is 2.70. The van der Waals surface area contributed by atoms with Crippen molar-refractivity contribution in [2.24, 2.45) is 0 Å². The van der Waals surface area contributed by atoms with Crippen LogP contribution in [0.2, 0.25) is 0 Å². The summed E-state index contributed by atoms with van der Waals surface area (Å²) in [6, 6.07) is 0. The second-order valence-electron chi connectivity index (χ2n) is 4.53. The average Bonchev–Trinajstić information content (AvgIpc) is 3.09. The van der Waals surface area contributed by atoms with E-state index in [-0.39, 0.29) is 5.92 Å². The Labute approximate surface area is 113 Å². The van der Waals surface area contributed by atoms with Crippen molar-refractivity contribution in [3.05, 3.63) is 22.6 Å². The standard InChI is InChI=1S/C12H12N4O2S/c1-5-14-4-7(10(13)15-5)11-16-8(6-2-3-6)9(19-11)12(17)18/h4,6H,2-3H2,1H3,(H,17,18)(H2,13,14,15). The summed E-state index contributed by atoms with van der Waals surface area (Å²) in [7, 11) is 0. The smallest absolute Gasteiger partial charge is 0.347 e. The third kappa shape index (κ3) is 2.17. The fourth-order valence-electron chi connectivity index (χ4n) is 1.89. The van der Waals surface area contributed by atoms with Gasteiger partial charge in [-0.05, 0) is 19.8 Å². The van der Waals surface area contributed by atoms with Gasteiger partial charge in [-0.2, -0.15) is 0 Å². The number of aromatic nitrogens is 3. The Morgan fingerprint density at radius 3 is 2.79 bits per heavy atom. The van der Waals surface area contributed by atoms with Crippen molar-refractivity contribution in [3.63, 3.8) is 0 Å². The average molecular weight is 276 g/mol. The van der Waals surface area contributed by atoms with Crippen LogP contribution in [0.3, 0.4) is 0 Å². The van der Waals surface area contributed by atoms with E-state index in [2.05, 4.69) is 15.0 Å². The van der Waals surface area contributed by atoms with Gasteiger partial charge in [0.05, 0.1) is 11.3 Å². The Morgan fingerprint density at radius 1 is 1.47 bits per heavy atom. The molecule has 1 aliphatic carbocycles. The topological polar surface area (TPSA) is 102 Å². The number of hydrogen-bond donors (Lipinski definition) is 2. The number of nitrogens with zero attached hydrogens (tertiary/aromatic N) is 3. The first-order valence-electron chi connectivity index (χ1n) is 5.89. The first-order valence-corrected chi connectivity index (χ1v) is 6.71. The second kappa shape index (κ2) is 4.27. The van der Waals surface area contributed by atoms with Crippen molar-refractivity contribution in [1.29, 1.82) is 0 Å². The molecule has 0 saturated heterocycles. The molecule has 0 spiro atoms. The maximum Gasteiger partial charge on any atom is 0.347 e. The Balaban J connectivity index is 2.10. The fraction of sp³-hybridized carbons (Fsp3) is 0.333. The van der Waals surface area contributed by atoms with Gasteiger partial charge in [0.15, 0.2) is 0 Å². The molecule has 2 aromatic heterocycles. The summed E-state index contributed by atoms with van der Waals surface area (Å²) in [5.41, 5.74) is 7.12. The predicted octanol–water partition coefficient (Wildman–Crippen LogP) is 2.07. The van der Waals surface area contributed by atoms with E-state index < -0.39 is 5.97 Å². The third-order valence-corrected chi connectivity index (χ3v) is 4.07. The molecule has 2 aromatic rings. The summed E-state index contributed by atoms with van der Waals surface area (Å²) in [5.74, 6) is 0.264.